The predicted octanol–water partition coefficient (Wildman–Crippen LogP) is 6.30. The number of rotatable bonds is 5. The van der Waals surface area contributed by atoms with Crippen molar-refractivity contribution in [1.82, 2.24) is 14.8 Å². The van der Waals surface area contributed by atoms with Crippen LogP contribution in [-0.4, -0.2) is 14.8 Å². The molecule has 2 heterocycles. The van der Waals surface area contributed by atoms with Gasteiger partial charge in [0.1, 0.15) is 0 Å². The maximum Gasteiger partial charge on any atom is 0.0702 e. The molecule has 3 nitrogen and oxygen atoms in total. The number of fused-ring (bicyclic) bond motifs is 1. The standard InChI is InChI=1S/C24H25N3/c1-4-18(5-2)22-10-8-20(16-24(22)27-14-12-17(3)26-27)19-9-11-23-21(15-19)7-6-13-25-23/h6-16,18H,4-5H2,1-3H3. The molecule has 0 N–H and O–H groups in total. The van der Waals surface area contributed by atoms with Gasteiger partial charge in [0.15, 0.2) is 0 Å². The van der Waals surface area contributed by atoms with Crippen molar-refractivity contribution in [2.24, 2.45) is 0 Å². The van der Waals surface area contributed by atoms with E-state index >= 15 is 0 Å². The number of aromatic nitrogens is 3. The highest BCUT2D eigenvalue weighted by Crippen LogP contribution is 2.33. The van der Waals surface area contributed by atoms with E-state index in [0.29, 0.717) is 5.92 Å². The van der Waals surface area contributed by atoms with Crippen molar-refractivity contribution in [3.63, 3.8) is 0 Å². The summed E-state index contributed by atoms with van der Waals surface area (Å²) in [6.07, 6.45) is 6.16. The largest absolute Gasteiger partial charge is 0.256 e. The number of benzene rings is 2. The van der Waals surface area contributed by atoms with Crippen LogP contribution < -0.4 is 0 Å². The Morgan fingerprint density at radius 3 is 2.44 bits per heavy atom. The lowest BCUT2D eigenvalue weighted by atomic mass is 9.90. The zero-order valence-electron chi connectivity index (χ0n) is 16.2. The van der Waals surface area contributed by atoms with Gasteiger partial charge in [-0.2, -0.15) is 5.10 Å². The molecule has 27 heavy (non-hydrogen) atoms. The molecule has 4 rings (SSSR count). The Bertz CT molecular complexity index is 1070. The fourth-order valence-corrected chi connectivity index (χ4v) is 3.80. The number of nitrogens with zero attached hydrogens (tertiary/aromatic N) is 3. The lowest BCUT2D eigenvalue weighted by Crippen LogP contribution is -2.05. The van der Waals surface area contributed by atoms with Crippen molar-refractivity contribution in [3.05, 3.63) is 78.2 Å². The molecule has 0 bridgehead atoms. The van der Waals surface area contributed by atoms with Crippen LogP contribution in [0.25, 0.3) is 27.7 Å². The average molecular weight is 355 g/mol. The van der Waals surface area contributed by atoms with Gasteiger partial charge in [0.25, 0.3) is 0 Å². The number of hydrogen-bond donors (Lipinski definition) is 0. The van der Waals surface area contributed by atoms with Gasteiger partial charge in [0.05, 0.1) is 16.9 Å². The van der Waals surface area contributed by atoms with Crippen LogP contribution in [0.5, 0.6) is 0 Å². The van der Waals surface area contributed by atoms with Crippen LogP contribution in [0.2, 0.25) is 0 Å². The van der Waals surface area contributed by atoms with Gasteiger partial charge in [-0.05, 0) is 72.7 Å². The van der Waals surface area contributed by atoms with Gasteiger partial charge >= 0.3 is 0 Å². The van der Waals surface area contributed by atoms with E-state index in [1.165, 1.54) is 22.4 Å². The molecule has 4 aromatic rings. The van der Waals surface area contributed by atoms with Crippen molar-refractivity contribution in [2.75, 3.05) is 0 Å². The molecule has 0 radical (unpaired) electrons. The van der Waals surface area contributed by atoms with Crippen LogP contribution in [0.4, 0.5) is 0 Å². The van der Waals surface area contributed by atoms with Gasteiger partial charge in [-0.3, -0.25) is 4.98 Å². The van der Waals surface area contributed by atoms with E-state index in [-0.39, 0.29) is 0 Å². The van der Waals surface area contributed by atoms with E-state index in [9.17, 15) is 0 Å². The van der Waals surface area contributed by atoms with Crippen LogP contribution in [0.15, 0.2) is 67.0 Å². The van der Waals surface area contributed by atoms with Crippen LogP contribution in [0.3, 0.4) is 0 Å². The lowest BCUT2D eigenvalue weighted by Gasteiger charge is -2.19. The summed E-state index contributed by atoms with van der Waals surface area (Å²) >= 11 is 0. The summed E-state index contributed by atoms with van der Waals surface area (Å²) in [4.78, 5) is 4.43. The molecule has 0 amide bonds. The molecule has 136 valence electrons. The molecule has 2 aromatic carbocycles. The van der Waals surface area contributed by atoms with Crippen LogP contribution in [0.1, 0.15) is 43.9 Å². The Morgan fingerprint density at radius 1 is 0.926 bits per heavy atom. The van der Waals surface area contributed by atoms with Crippen molar-refractivity contribution in [1.29, 1.82) is 0 Å². The van der Waals surface area contributed by atoms with Gasteiger partial charge < -0.3 is 0 Å². The van der Waals surface area contributed by atoms with Crippen molar-refractivity contribution >= 4 is 10.9 Å². The number of pyridine rings is 1. The summed E-state index contributed by atoms with van der Waals surface area (Å²) in [6, 6.07) is 19.4. The first-order valence-electron chi connectivity index (χ1n) is 9.71. The first-order valence-corrected chi connectivity index (χ1v) is 9.71. The smallest absolute Gasteiger partial charge is 0.0702 e. The maximum atomic E-state index is 4.68. The third-order valence-electron chi connectivity index (χ3n) is 5.36. The second-order valence-corrected chi connectivity index (χ2v) is 7.10. The zero-order chi connectivity index (χ0) is 18.8. The highest BCUT2D eigenvalue weighted by Gasteiger charge is 2.15. The summed E-state index contributed by atoms with van der Waals surface area (Å²) in [5.41, 5.74) is 7.02. The molecular formula is C24H25N3. The second-order valence-electron chi connectivity index (χ2n) is 7.10. The van der Waals surface area contributed by atoms with E-state index in [1.807, 2.05) is 23.9 Å². The van der Waals surface area contributed by atoms with Gasteiger partial charge in [0, 0.05) is 17.8 Å². The Hall–Kier alpha value is -2.94. The van der Waals surface area contributed by atoms with Crippen LogP contribution in [-0.2, 0) is 0 Å². The third-order valence-corrected chi connectivity index (χ3v) is 5.36. The molecular weight excluding hydrogens is 330 g/mol. The molecule has 2 aromatic heterocycles. The summed E-state index contributed by atoms with van der Waals surface area (Å²) in [5.74, 6) is 0.541. The molecule has 0 aliphatic rings. The minimum atomic E-state index is 0.541. The van der Waals surface area contributed by atoms with Gasteiger partial charge in [-0.15, -0.1) is 0 Å². The molecule has 3 heteroatoms. The Morgan fingerprint density at radius 2 is 1.70 bits per heavy atom. The highest BCUT2D eigenvalue weighted by atomic mass is 15.3. The summed E-state index contributed by atoms with van der Waals surface area (Å²) in [6.45, 7) is 6.56. The molecule has 0 saturated carbocycles. The predicted molar refractivity (Wildman–Crippen MR) is 112 cm³/mol. The quantitative estimate of drug-likeness (QED) is 0.420. The Kier molecular flexibility index (Phi) is 4.76. The second kappa shape index (κ2) is 7.36. The van der Waals surface area contributed by atoms with E-state index in [2.05, 4.69) is 78.7 Å². The molecule has 0 spiro atoms. The van der Waals surface area contributed by atoms with Gasteiger partial charge in [-0.25, -0.2) is 4.68 Å². The zero-order valence-corrected chi connectivity index (χ0v) is 16.2. The normalized spacial score (nSPS) is 11.4. The minimum Gasteiger partial charge on any atom is -0.256 e. The maximum absolute atomic E-state index is 4.68. The molecule has 0 aliphatic carbocycles. The Labute approximate surface area is 160 Å². The average Bonchev–Trinajstić information content (AvgIpc) is 3.15. The number of hydrogen-bond acceptors (Lipinski definition) is 2. The molecule has 0 atom stereocenters. The van der Waals surface area contributed by atoms with Crippen molar-refractivity contribution in [2.45, 2.75) is 39.5 Å². The first-order chi connectivity index (χ1) is 13.2. The first kappa shape index (κ1) is 17.5. The molecule has 0 unspecified atom stereocenters. The molecule has 0 saturated heterocycles. The summed E-state index contributed by atoms with van der Waals surface area (Å²) in [5, 5.41) is 5.85. The van der Waals surface area contributed by atoms with Crippen LogP contribution >= 0.6 is 0 Å². The molecule has 0 fully saturated rings. The van der Waals surface area contributed by atoms with E-state index in [4.69, 9.17) is 0 Å². The van der Waals surface area contributed by atoms with Crippen molar-refractivity contribution < 1.29 is 0 Å². The third kappa shape index (κ3) is 3.37. The lowest BCUT2D eigenvalue weighted by molar-refractivity contribution is 0.634. The van der Waals surface area contributed by atoms with E-state index in [0.717, 1.165) is 29.4 Å². The van der Waals surface area contributed by atoms with E-state index < -0.39 is 0 Å². The minimum absolute atomic E-state index is 0.541. The molecule has 0 aliphatic heterocycles. The van der Waals surface area contributed by atoms with Crippen LogP contribution in [0, 0.1) is 6.92 Å². The SMILES string of the molecule is CCC(CC)c1ccc(-c2ccc3ncccc3c2)cc1-n1ccc(C)n1. The highest BCUT2D eigenvalue weighted by molar-refractivity contribution is 5.84. The fourth-order valence-electron chi connectivity index (χ4n) is 3.80. The monoisotopic (exact) mass is 355 g/mol. The van der Waals surface area contributed by atoms with Crippen molar-refractivity contribution in [3.8, 4) is 16.8 Å². The Balaban J connectivity index is 1.86. The van der Waals surface area contributed by atoms with Gasteiger partial charge in [0.2, 0.25) is 0 Å². The van der Waals surface area contributed by atoms with Gasteiger partial charge in [-0.1, -0.05) is 38.1 Å². The summed E-state index contributed by atoms with van der Waals surface area (Å²) < 4.78 is 2.02. The number of aryl methyl sites for hydroxylation is 1. The topological polar surface area (TPSA) is 30.7 Å². The fraction of sp³-hybridized carbons (Fsp3) is 0.250. The van der Waals surface area contributed by atoms with E-state index in [1.54, 1.807) is 0 Å². The summed E-state index contributed by atoms with van der Waals surface area (Å²) in [7, 11) is 0.